The molecule has 0 N–H and O–H groups in total. The van der Waals surface area contributed by atoms with Gasteiger partial charge in [-0.15, -0.1) is 0 Å². The standard InChI is InChI=1S/C18H21BO2/c19-13-7-8-17-14(10-13)16(20)11-18(21-17)9-3-5-12-4-1-2-6-15(12)18/h7-8,10,12,15H,1-6,9,11H2. The summed E-state index contributed by atoms with van der Waals surface area (Å²) < 4.78 is 6.48. The molecule has 108 valence electrons. The molecule has 1 aromatic rings. The van der Waals surface area contributed by atoms with Crippen LogP contribution in [0.2, 0.25) is 0 Å². The van der Waals surface area contributed by atoms with E-state index in [0.717, 1.165) is 18.1 Å². The highest BCUT2D eigenvalue weighted by Gasteiger charge is 2.51. The van der Waals surface area contributed by atoms with Crippen LogP contribution in [-0.2, 0) is 0 Å². The second-order valence-corrected chi connectivity index (χ2v) is 7.07. The Balaban J connectivity index is 1.72. The van der Waals surface area contributed by atoms with Crippen molar-refractivity contribution < 1.29 is 9.53 Å². The number of carbonyl (C=O) groups is 1. The predicted octanol–water partition coefficient (Wildman–Crippen LogP) is 3.17. The number of fused-ring (bicyclic) bond motifs is 3. The smallest absolute Gasteiger partial charge is 0.170 e. The monoisotopic (exact) mass is 280 g/mol. The molecule has 2 fully saturated rings. The number of hydrogen-bond acceptors (Lipinski definition) is 2. The lowest BCUT2D eigenvalue weighted by Crippen LogP contribution is -2.54. The van der Waals surface area contributed by atoms with E-state index < -0.39 is 0 Å². The van der Waals surface area contributed by atoms with E-state index in [1.165, 1.54) is 38.5 Å². The van der Waals surface area contributed by atoms with Crippen molar-refractivity contribution in [2.24, 2.45) is 11.8 Å². The summed E-state index contributed by atoms with van der Waals surface area (Å²) in [6.07, 6.45) is 9.26. The highest BCUT2D eigenvalue weighted by atomic mass is 16.5. The Kier molecular flexibility index (Phi) is 3.13. The molecule has 21 heavy (non-hydrogen) atoms. The lowest BCUT2D eigenvalue weighted by Gasteiger charge is -2.51. The summed E-state index contributed by atoms with van der Waals surface area (Å²) in [6.45, 7) is 0. The van der Waals surface area contributed by atoms with Crippen LogP contribution in [0.4, 0.5) is 0 Å². The van der Waals surface area contributed by atoms with Gasteiger partial charge >= 0.3 is 0 Å². The van der Waals surface area contributed by atoms with E-state index in [2.05, 4.69) is 0 Å². The number of hydrogen-bond donors (Lipinski definition) is 0. The van der Waals surface area contributed by atoms with Gasteiger partial charge in [0.15, 0.2) is 5.78 Å². The first-order valence-corrected chi connectivity index (χ1v) is 8.30. The average Bonchev–Trinajstić information content (AvgIpc) is 2.49. The van der Waals surface area contributed by atoms with Crippen LogP contribution in [0.3, 0.4) is 0 Å². The summed E-state index contributed by atoms with van der Waals surface area (Å²) in [4.78, 5) is 12.7. The van der Waals surface area contributed by atoms with Gasteiger partial charge in [0.2, 0.25) is 0 Å². The first kappa shape index (κ1) is 13.4. The topological polar surface area (TPSA) is 26.3 Å². The zero-order valence-corrected chi connectivity index (χ0v) is 12.4. The number of benzene rings is 1. The second kappa shape index (κ2) is 4.89. The number of ether oxygens (including phenoxy) is 1. The minimum Gasteiger partial charge on any atom is -0.486 e. The van der Waals surface area contributed by atoms with Crippen LogP contribution in [0, 0.1) is 11.8 Å². The van der Waals surface area contributed by atoms with Crippen LogP contribution in [0.1, 0.15) is 61.7 Å². The number of ketones is 1. The van der Waals surface area contributed by atoms with Gasteiger partial charge in [0, 0.05) is 5.92 Å². The third-order valence-electron chi connectivity index (χ3n) is 5.84. The Morgan fingerprint density at radius 1 is 1.14 bits per heavy atom. The van der Waals surface area contributed by atoms with E-state index in [9.17, 15) is 4.79 Å². The molecule has 1 aromatic carbocycles. The number of rotatable bonds is 0. The Labute approximate surface area is 127 Å². The first-order valence-electron chi connectivity index (χ1n) is 8.30. The molecule has 1 heterocycles. The van der Waals surface area contributed by atoms with Crippen LogP contribution in [0.5, 0.6) is 5.75 Å². The minimum absolute atomic E-state index is 0.217. The third-order valence-corrected chi connectivity index (χ3v) is 5.84. The maximum atomic E-state index is 12.7. The molecule has 3 atom stereocenters. The van der Waals surface area contributed by atoms with Gasteiger partial charge in [-0.2, -0.15) is 0 Å². The van der Waals surface area contributed by atoms with Gasteiger partial charge in [-0.25, -0.2) is 0 Å². The Hall–Kier alpha value is -1.25. The van der Waals surface area contributed by atoms with Gasteiger partial charge in [0.05, 0.1) is 12.0 Å². The van der Waals surface area contributed by atoms with Gasteiger partial charge in [0.25, 0.3) is 0 Å². The van der Waals surface area contributed by atoms with Crippen molar-refractivity contribution >= 4 is 19.1 Å². The molecule has 1 aliphatic heterocycles. The fourth-order valence-electron chi connectivity index (χ4n) is 4.92. The van der Waals surface area contributed by atoms with E-state index in [1.54, 1.807) is 6.07 Å². The van der Waals surface area contributed by atoms with Crippen molar-refractivity contribution in [3.05, 3.63) is 23.8 Å². The molecule has 2 nitrogen and oxygen atoms in total. The molecule has 0 aromatic heterocycles. The quantitative estimate of drug-likeness (QED) is 0.682. The summed E-state index contributed by atoms with van der Waals surface area (Å²) in [6, 6.07) is 5.49. The summed E-state index contributed by atoms with van der Waals surface area (Å²) in [7, 11) is 5.81. The lowest BCUT2D eigenvalue weighted by molar-refractivity contribution is -0.0721. The SMILES string of the molecule is [B]c1ccc2c(c1)C(=O)CC1(CCCC3CCCCC31)O2. The maximum Gasteiger partial charge on any atom is 0.170 e. The van der Waals surface area contributed by atoms with Gasteiger partial charge in [0.1, 0.15) is 19.2 Å². The molecule has 3 aliphatic rings. The van der Waals surface area contributed by atoms with Gasteiger partial charge in [-0.05, 0) is 37.7 Å². The third kappa shape index (κ3) is 2.13. The van der Waals surface area contributed by atoms with Crippen LogP contribution in [0.15, 0.2) is 18.2 Å². The number of carbonyl (C=O) groups excluding carboxylic acids is 1. The molecule has 3 unspecified atom stereocenters. The fraction of sp³-hybridized carbons (Fsp3) is 0.611. The summed E-state index contributed by atoms with van der Waals surface area (Å²) in [5.74, 6) is 2.30. The van der Waals surface area contributed by atoms with E-state index in [-0.39, 0.29) is 11.4 Å². The van der Waals surface area contributed by atoms with Crippen LogP contribution < -0.4 is 10.2 Å². The van der Waals surface area contributed by atoms with Crippen molar-refractivity contribution in [1.82, 2.24) is 0 Å². The largest absolute Gasteiger partial charge is 0.486 e. The molecule has 1 spiro atoms. The second-order valence-electron chi connectivity index (χ2n) is 7.07. The van der Waals surface area contributed by atoms with Crippen molar-refractivity contribution in [2.75, 3.05) is 0 Å². The van der Waals surface area contributed by atoms with Gasteiger partial charge in [-0.1, -0.05) is 36.9 Å². The van der Waals surface area contributed by atoms with Gasteiger partial charge < -0.3 is 4.74 Å². The molecule has 2 saturated carbocycles. The van der Waals surface area contributed by atoms with E-state index in [0.29, 0.717) is 23.4 Å². The Morgan fingerprint density at radius 3 is 2.86 bits per heavy atom. The van der Waals surface area contributed by atoms with Crippen LogP contribution in [0.25, 0.3) is 0 Å². The molecular formula is C18H21BO2. The van der Waals surface area contributed by atoms with Gasteiger partial charge in [-0.3, -0.25) is 4.79 Å². The molecule has 2 radical (unpaired) electrons. The van der Waals surface area contributed by atoms with Crippen LogP contribution in [-0.4, -0.2) is 19.2 Å². The molecule has 2 aliphatic carbocycles. The Bertz CT molecular complexity index is 581. The molecule has 4 rings (SSSR count). The zero-order valence-electron chi connectivity index (χ0n) is 12.4. The molecule has 0 saturated heterocycles. The zero-order chi connectivity index (χ0) is 14.4. The van der Waals surface area contributed by atoms with Crippen molar-refractivity contribution in [2.45, 2.75) is 57.0 Å². The van der Waals surface area contributed by atoms with Crippen molar-refractivity contribution in [1.29, 1.82) is 0 Å². The Morgan fingerprint density at radius 2 is 1.95 bits per heavy atom. The molecule has 3 heteroatoms. The average molecular weight is 280 g/mol. The highest BCUT2D eigenvalue weighted by Crippen LogP contribution is 2.51. The normalized spacial score (nSPS) is 35.0. The number of Topliss-reactive ketones (excluding diaryl/α,β-unsaturated/α-hetero) is 1. The first-order chi connectivity index (χ1) is 10.2. The minimum atomic E-state index is -0.233. The lowest BCUT2D eigenvalue weighted by atomic mass is 9.61. The highest BCUT2D eigenvalue weighted by molar-refractivity contribution is 6.32. The van der Waals surface area contributed by atoms with E-state index in [4.69, 9.17) is 12.6 Å². The van der Waals surface area contributed by atoms with E-state index in [1.807, 2.05) is 12.1 Å². The van der Waals surface area contributed by atoms with Crippen molar-refractivity contribution in [3.63, 3.8) is 0 Å². The summed E-state index contributed by atoms with van der Waals surface area (Å²) >= 11 is 0. The molecule has 0 bridgehead atoms. The van der Waals surface area contributed by atoms with Crippen LogP contribution >= 0.6 is 0 Å². The molecular weight excluding hydrogens is 259 g/mol. The van der Waals surface area contributed by atoms with Crippen molar-refractivity contribution in [3.8, 4) is 5.75 Å². The van der Waals surface area contributed by atoms with E-state index >= 15 is 0 Å². The molecule has 0 amide bonds. The fourth-order valence-corrected chi connectivity index (χ4v) is 4.92. The maximum absolute atomic E-state index is 12.7. The summed E-state index contributed by atoms with van der Waals surface area (Å²) in [5.41, 5.74) is 1.09. The predicted molar refractivity (Wildman–Crippen MR) is 83.4 cm³/mol. The summed E-state index contributed by atoms with van der Waals surface area (Å²) in [5, 5.41) is 0.